The molecule has 0 aliphatic heterocycles. The number of hydrazine groups is 1. The number of hydrogen-bond donors (Lipinski definition) is 2. The van der Waals surface area contributed by atoms with Gasteiger partial charge in [-0.05, 0) is 31.6 Å². The quantitative estimate of drug-likeness (QED) is 0.631. The number of methoxy groups -OCH3 is 1. The van der Waals surface area contributed by atoms with E-state index in [0.29, 0.717) is 5.92 Å². The zero-order valence-corrected chi connectivity index (χ0v) is 11.4. The van der Waals surface area contributed by atoms with Gasteiger partial charge in [0.2, 0.25) is 0 Å². The highest BCUT2D eigenvalue weighted by atomic mass is 16.5. The Morgan fingerprint density at radius 3 is 2.56 bits per heavy atom. The van der Waals surface area contributed by atoms with E-state index in [4.69, 9.17) is 10.6 Å². The number of hydrogen-bond acceptors (Lipinski definition) is 5. The van der Waals surface area contributed by atoms with Gasteiger partial charge in [-0.1, -0.05) is 13.8 Å². The van der Waals surface area contributed by atoms with Crippen LogP contribution in [0.3, 0.4) is 0 Å². The van der Waals surface area contributed by atoms with Crippen LogP contribution in [0, 0.1) is 5.92 Å². The third-order valence-electron chi connectivity index (χ3n) is 3.45. The average Bonchev–Trinajstić information content (AvgIpc) is 2.38. The molecule has 0 spiro atoms. The molecule has 0 radical (unpaired) electrons. The number of aryl methyl sites for hydroxylation is 1. The van der Waals surface area contributed by atoms with Crippen molar-refractivity contribution in [1.29, 1.82) is 0 Å². The molecular formula is C13H22N4O. The molecule has 0 saturated carbocycles. The second kappa shape index (κ2) is 5.63. The fraction of sp³-hybridized carbons (Fsp3) is 0.692. The predicted octanol–water partition coefficient (Wildman–Crippen LogP) is 1.98. The Morgan fingerprint density at radius 2 is 1.94 bits per heavy atom. The van der Waals surface area contributed by atoms with E-state index in [1.807, 2.05) is 0 Å². The first-order valence-electron chi connectivity index (χ1n) is 6.56. The third kappa shape index (κ3) is 2.47. The Balaban J connectivity index is 2.43. The standard InChI is InChI=1S/C13H22N4O/c1-8(2)11(18-3)13-15-10-7-5-4-6-9(10)12(16-13)17-14/h8,11H,4-7,14H2,1-3H3,(H,15,16,17). The molecule has 1 aromatic rings. The molecule has 100 valence electrons. The second-order valence-corrected chi connectivity index (χ2v) is 5.11. The predicted molar refractivity (Wildman–Crippen MR) is 71.1 cm³/mol. The van der Waals surface area contributed by atoms with E-state index < -0.39 is 0 Å². The number of nitrogens with zero attached hydrogens (tertiary/aromatic N) is 2. The van der Waals surface area contributed by atoms with E-state index in [1.54, 1.807) is 7.11 Å². The summed E-state index contributed by atoms with van der Waals surface area (Å²) in [5, 5.41) is 0. The summed E-state index contributed by atoms with van der Waals surface area (Å²) < 4.78 is 5.49. The highest BCUT2D eigenvalue weighted by molar-refractivity contribution is 5.47. The lowest BCUT2D eigenvalue weighted by Crippen LogP contribution is -2.21. The summed E-state index contributed by atoms with van der Waals surface area (Å²) in [4.78, 5) is 9.21. The van der Waals surface area contributed by atoms with E-state index in [2.05, 4.69) is 29.2 Å². The smallest absolute Gasteiger partial charge is 0.160 e. The molecule has 0 aromatic carbocycles. The fourth-order valence-corrected chi connectivity index (χ4v) is 2.54. The molecule has 1 unspecified atom stereocenters. The van der Waals surface area contributed by atoms with Crippen molar-refractivity contribution in [2.45, 2.75) is 45.6 Å². The number of aromatic nitrogens is 2. The summed E-state index contributed by atoms with van der Waals surface area (Å²) in [7, 11) is 1.70. The third-order valence-corrected chi connectivity index (χ3v) is 3.45. The molecule has 5 heteroatoms. The van der Waals surface area contributed by atoms with Crippen LogP contribution in [0.1, 0.15) is 49.9 Å². The van der Waals surface area contributed by atoms with Gasteiger partial charge in [-0.25, -0.2) is 15.8 Å². The molecule has 5 nitrogen and oxygen atoms in total. The number of ether oxygens (including phenoxy) is 1. The molecule has 3 N–H and O–H groups in total. The van der Waals surface area contributed by atoms with E-state index in [-0.39, 0.29) is 6.10 Å². The van der Waals surface area contributed by atoms with Gasteiger partial charge in [0.25, 0.3) is 0 Å². The Morgan fingerprint density at radius 1 is 1.22 bits per heavy atom. The van der Waals surface area contributed by atoms with Gasteiger partial charge in [-0.15, -0.1) is 0 Å². The fourth-order valence-electron chi connectivity index (χ4n) is 2.54. The van der Waals surface area contributed by atoms with E-state index in [1.165, 1.54) is 18.4 Å². The second-order valence-electron chi connectivity index (χ2n) is 5.11. The molecule has 0 saturated heterocycles. The lowest BCUT2D eigenvalue weighted by atomic mass is 9.96. The first-order valence-corrected chi connectivity index (χ1v) is 6.56. The summed E-state index contributed by atoms with van der Waals surface area (Å²) in [6.45, 7) is 4.21. The molecule has 1 aliphatic carbocycles. The van der Waals surface area contributed by atoms with Crippen molar-refractivity contribution in [2.24, 2.45) is 11.8 Å². The molecule has 1 heterocycles. The molecule has 0 bridgehead atoms. The lowest BCUT2D eigenvalue weighted by Gasteiger charge is -2.23. The largest absolute Gasteiger partial charge is 0.373 e. The first kappa shape index (κ1) is 13.2. The number of nitrogens with one attached hydrogen (secondary N) is 1. The van der Waals surface area contributed by atoms with Crippen LogP contribution in [-0.4, -0.2) is 17.1 Å². The van der Waals surface area contributed by atoms with Gasteiger partial charge in [0.15, 0.2) is 5.82 Å². The summed E-state index contributed by atoms with van der Waals surface area (Å²) in [5.74, 6) is 7.41. The van der Waals surface area contributed by atoms with Crippen molar-refractivity contribution in [3.05, 3.63) is 17.1 Å². The Kier molecular flexibility index (Phi) is 4.14. The normalized spacial score (nSPS) is 16.5. The van der Waals surface area contributed by atoms with Gasteiger partial charge in [0, 0.05) is 18.4 Å². The minimum absolute atomic E-state index is 0.0793. The molecule has 0 fully saturated rings. The number of nitrogen functional groups attached to an aromatic ring is 1. The number of fused-ring (bicyclic) bond motifs is 1. The highest BCUT2D eigenvalue weighted by Gasteiger charge is 2.23. The SMILES string of the molecule is COC(c1nc2c(c(NN)n1)CCCC2)C(C)C. The van der Waals surface area contributed by atoms with Crippen LogP contribution in [0.15, 0.2) is 0 Å². The van der Waals surface area contributed by atoms with Crippen molar-refractivity contribution in [3.8, 4) is 0 Å². The van der Waals surface area contributed by atoms with Crippen LogP contribution in [0.2, 0.25) is 0 Å². The monoisotopic (exact) mass is 250 g/mol. The van der Waals surface area contributed by atoms with E-state index in [0.717, 1.165) is 30.2 Å². The van der Waals surface area contributed by atoms with Gasteiger partial charge in [-0.2, -0.15) is 0 Å². The first-order chi connectivity index (χ1) is 8.67. The van der Waals surface area contributed by atoms with Gasteiger partial charge in [0.1, 0.15) is 11.9 Å². The van der Waals surface area contributed by atoms with Crippen LogP contribution in [-0.2, 0) is 17.6 Å². The van der Waals surface area contributed by atoms with Crippen molar-refractivity contribution in [1.82, 2.24) is 9.97 Å². The maximum Gasteiger partial charge on any atom is 0.160 e. The van der Waals surface area contributed by atoms with Gasteiger partial charge in [0.05, 0.1) is 0 Å². The topological polar surface area (TPSA) is 73.1 Å². The average molecular weight is 250 g/mol. The Labute approximate surface area is 108 Å². The number of anilines is 1. The molecule has 18 heavy (non-hydrogen) atoms. The van der Waals surface area contributed by atoms with Crippen molar-refractivity contribution in [3.63, 3.8) is 0 Å². The maximum absolute atomic E-state index is 5.58. The van der Waals surface area contributed by atoms with E-state index >= 15 is 0 Å². The number of nitrogens with two attached hydrogens (primary N) is 1. The summed E-state index contributed by atoms with van der Waals surface area (Å²) >= 11 is 0. The zero-order valence-electron chi connectivity index (χ0n) is 11.4. The van der Waals surface area contributed by atoms with Crippen LogP contribution >= 0.6 is 0 Å². The van der Waals surface area contributed by atoms with Crippen LogP contribution in [0.4, 0.5) is 5.82 Å². The number of rotatable bonds is 4. The van der Waals surface area contributed by atoms with Gasteiger partial charge >= 0.3 is 0 Å². The molecule has 1 atom stereocenters. The van der Waals surface area contributed by atoms with Gasteiger partial charge < -0.3 is 10.2 Å². The van der Waals surface area contributed by atoms with Crippen LogP contribution in [0.5, 0.6) is 0 Å². The minimum Gasteiger partial charge on any atom is -0.373 e. The van der Waals surface area contributed by atoms with Crippen LogP contribution < -0.4 is 11.3 Å². The molecule has 0 amide bonds. The van der Waals surface area contributed by atoms with Crippen molar-refractivity contribution in [2.75, 3.05) is 12.5 Å². The highest BCUT2D eigenvalue weighted by Crippen LogP contribution is 2.29. The summed E-state index contributed by atoms with van der Waals surface area (Å²) in [6.07, 6.45) is 4.31. The zero-order chi connectivity index (χ0) is 13.1. The lowest BCUT2D eigenvalue weighted by molar-refractivity contribution is 0.0573. The molecule has 1 aliphatic rings. The van der Waals surface area contributed by atoms with E-state index in [9.17, 15) is 0 Å². The Hall–Kier alpha value is -1.20. The molecule has 1 aromatic heterocycles. The van der Waals surface area contributed by atoms with Gasteiger partial charge in [-0.3, -0.25) is 0 Å². The maximum atomic E-state index is 5.58. The molecular weight excluding hydrogens is 228 g/mol. The summed E-state index contributed by atoms with van der Waals surface area (Å²) in [5.41, 5.74) is 5.01. The Bertz CT molecular complexity index is 402. The van der Waals surface area contributed by atoms with Crippen molar-refractivity contribution >= 4 is 5.82 Å². The van der Waals surface area contributed by atoms with Crippen molar-refractivity contribution < 1.29 is 4.74 Å². The summed E-state index contributed by atoms with van der Waals surface area (Å²) in [6, 6.07) is 0. The van der Waals surface area contributed by atoms with Crippen LogP contribution in [0.25, 0.3) is 0 Å². The minimum atomic E-state index is -0.0793. The molecule has 2 rings (SSSR count).